The first-order valence-electron chi connectivity index (χ1n) is 9.96. The van der Waals surface area contributed by atoms with Crippen LogP contribution in [0.1, 0.15) is 30.9 Å². The lowest BCUT2D eigenvalue weighted by Gasteiger charge is -2.24. The molecule has 2 aromatic rings. The molecule has 1 saturated heterocycles. The van der Waals surface area contributed by atoms with Crippen LogP contribution in [0.5, 0.6) is 11.5 Å². The summed E-state index contributed by atoms with van der Waals surface area (Å²) in [5, 5.41) is 8.98. The van der Waals surface area contributed by atoms with Crippen molar-refractivity contribution in [2.45, 2.75) is 25.3 Å². The van der Waals surface area contributed by atoms with E-state index in [2.05, 4.69) is 16.0 Å². The minimum atomic E-state index is -0.673. The summed E-state index contributed by atoms with van der Waals surface area (Å²) in [6, 6.07) is 15.5. The Kier molecular flexibility index (Phi) is 9.44. The van der Waals surface area contributed by atoms with Gasteiger partial charge in [-0.2, -0.15) is 0 Å². The monoisotopic (exact) mass is 432 g/mol. The molecule has 0 radical (unpaired) electrons. The largest absolute Gasteiger partial charge is 0.457 e. The molecule has 5 N–H and O–H groups in total. The maximum atomic E-state index is 12.5. The maximum absolute atomic E-state index is 12.5. The molecule has 162 valence electrons. The summed E-state index contributed by atoms with van der Waals surface area (Å²) in [5.41, 5.74) is 6.09. The summed E-state index contributed by atoms with van der Waals surface area (Å²) in [5.74, 6) is 1.66. The number of carbonyl (C=O) groups is 2. The van der Waals surface area contributed by atoms with Crippen molar-refractivity contribution >= 4 is 24.3 Å². The van der Waals surface area contributed by atoms with Gasteiger partial charge < -0.3 is 26.4 Å². The number of amides is 3. The second kappa shape index (κ2) is 12.0. The zero-order valence-corrected chi connectivity index (χ0v) is 17.6. The van der Waals surface area contributed by atoms with Crippen molar-refractivity contribution in [2.75, 3.05) is 19.6 Å². The molecule has 2 atom stereocenters. The molecule has 1 aliphatic heterocycles. The lowest BCUT2D eigenvalue weighted by atomic mass is 9.99. The molecule has 2 unspecified atom stereocenters. The molecule has 1 aliphatic rings. The molecule has 0 spiro atoms. The van der Waals surface area contributed by atoms with Crippen LogP contribution >= 0.6 is 12.4 Å². The number of primary amides is 1. The predicted octanol–water partition coefficient (Wildman–Crippen LogP) is 3.12. The summed E-state index contributed by atoms with van der Waals surface area (Å²) in [7, 11) is 0. The van der Waals surface area contributed by atoms with Crippen molar-refractivity contribution in [1.82, 2.24) is 16.0 Å². The van der Waals surface area contributed by atoms with Crippen molar-refractivity contribution < 1.29 is 14.3 Å². The Hall–Kier alpha value is -2.77. The van der Waals surface area contributed by atoms with Gasteiger partial charge in [0.15, 0.2) is 0 Å². The van der Waals surface area contributed by atoms with Crippen LogP contribution in [-0.4, -0.2) is 31.6 Å². The Morgan fingerprint density at radius 3 is 2.60 bits per heavy atom. The molecule has 0 saturated carbocycles. The zero-order chi connectivity index (χ0) is 20.5. The van der Waals surface area contributed by atoms with Gasteiger partial charge in [-0.1, -0.05) is 30.3 Å². The number of hydrogen-bond donors (Lipinski definition) is 4. The molecule has 8 heteroatoms. The number of nitrogens with one attached hydrogen (secondary N) is 3. The first kappa shape index (κ1) is 23.5. The van der Waals surface area contributed by atoms with Gasteiger partial charge in [0.25, 0.3) is 0 Å². The van der Waals surface area contributed by atoms with Gasteiger partial charge in [-0.15, -0.1) is 12.4 Å². The van der Waals surface area contributed by atoms with Crippen molar-refractivity contribution in [3.05, 3.63) is 60.2 Å². The van der Waals surface area contributed by atoms with Crippen LogP contribution in [0.2, 0.25) is 0 Å². The lowest BCUT2D eigenvalue weighted by Crippen LogP contribution is -2.40. The topological polar surface area (TPSA) is 105 Å². The number of piperidine rings is 1. The van der Waals surface area contributed by atoms with E-state index in [-0.39, 0.29) is 24.7 Å². The Bertz CT molecular complexity index is 813. The van der Waals surface area contributed by atoms with Crippen molar-refractivity contribution in [2.24, 2.45) is 11.7 Å². The third-order valence-electron chi connectivity index (χ3n) is 4.93. The van der Waals surface area contributed by atoms with Crippen molar-refractivity contribution in [1.29, 1.82) is 0 Å². The number of halogens is 1. The van der Waals surface area contributed by atoms with Gasteiger partial charge in [-0.05, 0) is 61.7 Å². The molecular formula is C22H29ClN4O3. The summed E-state index contributed by atoms with van der Waals surface area (Å²) >= 11 is 0. The average Bonchev–Trinajstić information content (AvgIpc) is 2.73. The minimum absolute atomic E-state index is 0. The van der Waals surface area contributed by atoms with Crippen LogP contribution in [0.15, 0.2) is 54.6 Å². The molecule has 0 bridgehead atoms. The smallest absolute Gasteiger partial charge is 0.312 e. The maximum Gasteiger partial charge on any atom is 0.312 e. The van der Waals surface area contributed by atoms with Crippen molar-refractivity contribution in [3.63, 3.8) is 0 Å². The number of rotatable bonds is 8. The molecular weight excluding hydrogens is 404 g/mol. The third kappa shape index (κ3) is 7.57. The first-order valence-corrected chi connectivity index (χ1v) is 9.96. The van der Waals surface area contributed by atoms with E-state index in [4.69, 9.17) is 10.5 Å². The van der Waals surface area contributed by atoms with E-state index >= 15 is 0 Å². The highest BCUT2D eigenvalue weighted by Crippen LogP contribution is 2.26. The van der Waals surface area contributed by atoms with Gasteiger partial charge >= 0.3 is 6.03 Å². The number of hydrogen-bond acceptors (Lipinski definition) is 4. The average molecular weight is 433 g/mol. The molecule has 1 heterocycles. The highest BCUT2D eigenvalue weighted by Gasteiger charge is 2.20. The molecule has 3 amide bonds. The standard InChI is InChI=1S/C22H28N4O3.ClH/c23-22(28)26-20(13-21(27)25-15-16-6-5-11-24-14-16)17-7-4-10-19(12-17)29-18-8-2-1-3-9-18;/h1-4,7-10,12,16,20,24H,5-6,11,13-15H2,(H,25,27)(H3,23,26,28);1H. The Balaban J connectivity index is 0.00000320. The number of nitrogens with two attached hydrogens (primary N) is 1. The number of benzene rings is 2. The van der Waals surface area contributed by atoms with Gasteiger partial charge in [0.05, 0.1) is 12.5 Å². The van der Waals surface area contributed by atoms with Crippen LogP contribution in [0, 0.1) is 5.92 Å². The highest BCUT2D eigenvalue weighted by molar-refractivity contribution is 5.85. The number of ether oxygens (including phenoxy) is 1. The van der Waals surface area contributed by atoms with E-state index in [0.717, 1.165) is 31.5 Å². The molecule has 0 aromatic heterocycles. The van der Waals surface area contributed by atoms with Crippen LogP contribution in [0.25, 0.3) is 0 Å². The molecule has 7 nitrogen and oxygen atoms in total. The Morgan fingerprint density at radius 1 is 1.13 bits per heavy atom. The van der Waals surface area contributed by atoms with Gasteiger partial charge in [0.2, 0.25) is 5.91 Å². The van der Waals surface area contributed by atoms with Gasteiger partial charge in [-0.3, -0.25) is 4.79 Å². The fourth-order valence-electron chi connectivity index (χ4n) is 3.46. The number of urea groups is 1. The van der Waals surface area contributed by atoms with Crippen LogP contribution in [-0.2, 0) is 4.79 Å². The van der Waals surface area contributed by atoms with E-state index in [1.807, 2.05) is 54.6 Å². The second-order valence-electron chi connectivity index (χ2n) is 7.27. The molecule has 1 fully saturated rings. The summed E-state index contributed by atoms with van der Waals surface area (Å²) in [6.45, 7) is 2.59. The predicted molar refractivity (Wildman–Crippen MR) is 119 cm³/mol. The first-order chi connectivity index (χ1) is 14.1. The number of para-hydroxylation sites is 1. The van der Waals surface area contributed by atoms with Crippen LogP contribution in [0.3, 0.4) is 0 Å². The third-order valence-corrected chi connectivity index (χ3v) is 4.93. The Labute approximate surface area is 183 Å². The molecule has 0 aliphatic carbocycles. The zero-order valence-electron chi connectivity index (χ0n) is 16.8. The van der Waals surface area contributed by atoms with E-state index < -0.39 is 12.1 Å². The molecule has 3 rings (SSSR count). The van der Waals surface area contributed by atoms with Gasteiger partial charge in [-0.25, -0.2) is 4.79 Å². The van der Waals surface area contributed by atoms with Crippen LogP contribution in [0.4, 0.5) is 4.79 Å². The summed E-state index contributed by atoms with van der Waals surface area (Å²) < 4.78 is 5.85. The van der Waals surface area contributed by atoms with E-state index in [1.165, 1.54) is 0 Å². The minimum Gasteiger partial charge on any atom is -0.457 e. The fourth-order valence-corrected chi connectivity index (χ4v) is 3.46. The van der Waals surface area contributed by atoms with E-state index in [1.54, 1.807) is 0 Å². The number of carbonyl (C=O) groups excluding carboxylic acids is 2. The van der Waals surface area contributed by atoms with E-state index in [0.29, 0.717) is 24.0 Å². The highest BCUT2D eigenvalue weighted by atomic mass is 35.5. The summed E-state index contributed by atoms with van der Waals surface area (Å²) in [6.07, 6.45) is 2.34. The summed E-state index contributed by atoms with van der Waals surface area (Å²) in [4.78, 5) is 24.0. The second-order valence-corrected chi connectivity index (χ2v) is 7.27. The molecule has 2 aromatic carbocycles. The SMILES string of the molecule is Cl.NC(=O)NC(CC(=O)NCC1CCCNC1)c1cccc(Oc2ccccc2)c1. The van der Waals surface area contributed by atoms with Crippen LogP contribution < -0.4 is 26.4 Å². The lowest BCUT2D eigenvalue weighted by molar-refractivity contribution is -0.121. The fraction of sp³-hybridized carbons (Fsp3) is 0.364. The quantitative estimate of drug-likeness (QED) is 0.514. The van der Waals surface area contributed by atoms with Gasteiger partial charge in [0.1, 0.15) is 11.5 Å². The van der Waals surface area contributed by atoms with Gasteiger partial charge in [0, 0.05) is 6.54 Å². The van der Waals surface area contributed by atoms with Crippen molar-refractivity contribution in [3.8, 4) is 11.5 Å². The van der Waals surface area contributed by atoms with E-state index in [9.17, 15) is 9.59 Å². The normalized spacial score (nSPS) is 16.6. The molecule has 30 heavy (non-hydrogen) atoms. The Morgan fingerprint density at radius 2 is 1.90 bits per heavy atom.